The van der Waals surface area contributed by atoms with Gasteiger partial charge in [0.15, 0.2) is 5.58 Å². The van der Waals surface area contributed by atoms with Crippen molar-refractivity contribution in [2.24, 2.45) is 0 Å². The average Bonchev–Trinajstić information content (AvgIpc) is 3.07. The Kier molecular flexibility index (Phi) is 4.34. The first-order chi connectivity index (χ1) is 11.1. The van der Waals surface area contributed by atoms with Gasteiger partial charge in [0.2, 0.25) is 5.91 Å². The van der Waals surface area contributed by atoms with Crippen LogP contribution < -0.4 is 5.76 Å². The van der Waals surface area contributed by atoms with Gasteiger partial charge in [0.05, 0.1) is 12.1 Å². The molecule has 0 unspecified atom stereocenters. The summed E-state index contributed by atoms with van der Waals surface area (Å²) in [5, 5.41) is 2.03. The number of benzene rings is 1. The number of aryl methyl sites for hydroxylation is 2. The van der Waals surface area contributed by atoms with Crippen molar-refractivity contribution < 1.29 is 9.21 Å². The number of thiophene rings is 1. The van der Waals surface area contributed by atoms with E-state index in [1.807, 2.05) is 30.5 Å². The van der Waals surface area contributed by atoms with Crippen LogP contribution in [0.3, 0.4) is 0 Å². The third-order valence-electron chi connectivity index (χ3n) is 3.90. The molecule has 2 heterocycles. The molecule has 23 heavy (non-hydrogen) atoms. The SMILES string of the molecule is Cc1ccsc1CN(C)C(=O)CCn1c(=O)oc2ccccc21. The van der Waals surface area contributed by atoms with Crippen LogP contribution in [0, 0.1) is 6.92 Å². The lowest BCUT2D eigenvalue weighted by Crippen LogP contribution is -2.28. The molecule has 2 aromatic heterocycles. The first-order valence-corrected chi connectivity index (χ1v) is 8.29. The largest absolute Gasteiger partial charge is 0.419 e. The third-order valence-corrected chi connectivity index (χ3v) is 4.91. The minimum atomic E-state index is -0.421. The summed E-state index contributed by atoms with van der Waals surface area (Å²) < 4.78 is 6.69. The highest BCUT2D eigenvalue weighted by molar-refractivity contribution is 7.10. The Bertz CT molecular complexity index is 891. The molecule has 0 aliphatic heterocycles. The maximum Gasteiger partial charge on any atom is 0.419 e. The van der Waals surface area contributed by atoms with Gasteiger partial charge in [-0.05, 0) is 36.1 Å². The van der Waals surface area contributed by atoms with Crippen molar-refractivity contribution in [3.8, 4) is 0 Å². The van der Waals surface area contributed by atoms with E-state index in [0.717, 1.165) is 5.52 Å². The van der Waals surface area contributed by atoms with Crippen LogP contribution in [-0.4, -0.2) is 22.4 Å². The number of carbonyl (C=O) groups is 1. The molecule has 0 N–H and O–H groups in total. The van der Waals surface area contributed by atoms with E-state index in [-0.39, 0.29) is 12.3 Å². The molecular weight excluding hydrogens is 312 g/mol. The normalized spacial score (nSPS) is 11.0. The number of hydrogen-bond acceptors (Lipinski definition) is 4. The van der Waals surface area contributed by atoms with Crippen LogP contribution in [0.15, 0.2) is 44.9 Å². The number of rotatable bonds is 5. The number of oxazole rings is 1. The van der Waals surface area contributed by atoms with Gasteiger partial charge in [-0.15, -0.1) is 11.3 Å². The summed E-state index contributed by atoms with van der Waals surface area (Å²) in [5.74, 6) is -0.411. The predicted molar refractivity (Wildman–Crippen MR) is 90.6 cm³/mol. The Morgan fingerprint density at radius 1 is 1.30 bits per heavy atom. The van der Waals surface area contributed by atoms with E-state index in [4.69, 9.17) is 4.42 Å². The van der Waals surface area contributed by atoms with Gasteiger partial charge >= 0.3 is 5.76 Å². The molecule has 0 radical (unpaired) electrons. The summed E-state index contributed by atoms with van der Waals surface area (Å²) in [4.78, 5) is 27.1. The van der Waals surface area contributed by atoms with Crippen molar-refractivity contribution in [1.29, 1.82) is 0 Å². The van der Waals surface area contributed by atoms with Crippen LogP contribution in [0.1, 0.15) is 16.9 Å². The molecule has 0 atom stereocenters. The molecule has 0 bridgehead atoms. The Morgan fingerprint density at radius 2 is 2.09 bits per heavy atom. The minimum absolute atomic E-state index is 0.00924. The van der Waals surface area contributed by atoms with Gasteiger partial charge in [-0.1, -0.05) is 12.1 Å². The van der Waals surface area contributed by atoms with Gasteiger partial charge in [-0.3, -0.25) is 9.36 Å². The lowest BCUT2D eigenvalue weighted by Gasteiger charge is -2.17. The second-order valence-corrected chi connectivity index (χ2v) is 6.51. The third kappa shape index (κ3) is 3.22. The van der Waals surface area contributed by atoms with Gasteiger partial charge in [0.25, 0.3) is 0 Å². The lowest BCUT2D eigenvalue weighted by atomic mass is 10.2. The van der Waals surface area contributed by atoms with E-state index in [2.05, 4.69) is 6.07 Å². The fourth-order valence-corrected chi connectivity index (χ4v) is 3.45. The zero-order chi connectivity index (χ0) is 16.4. The van der Waals surface area contributed by atoms with E-state index in [1.54, 1.807) is 29.4 Å². The molecule has 3 rings (SSSR count). The number of hydrogen-bond donors (Lipinski definition) is 0. The summed E-state index contributed by atoms with van der Waals surface area (Å²) in [6.45, 7) is 2.97. The maximum atomic E-state index is 12.3. The highest BCUT2D eigenvalue weighted by Crippen LogP contribution is 2.18. The second kappa shape index (κ2) is 6.42. The second-order valence-electron chi connectivity index (χ2n) is 5.51. The predicted octanol–water partition coefficient (Wildman–Crippen LogP) is 3.01. The molecule has 1 aromatic carbocycles. The van der Waals surface area contributed by atoms with Crippen molar-refractivity contribution in [2.75, 3.05) is 7.05 Å². The highest BCUT2D eigenvalue weighted by atomic mass is 32.1. The van der Waals surface area contributed by atoms with Crippen molar-refractivity contribution in [3.05, 3.63) is 56.7 Å². The molecule has 0 saturated heterocycles. The van der Waals surface area contributed by atoms with Gasteiger partial charge < -0.3 is 9.32 Å². The summed E-state index contributed by atoms with van der Waals surface area (Å²) in [6, 6.07) is 9.29. The van der Waals surface area contributed by atoms with Crippen LogP contribution in [-0.2, 0) is 17.9 Å². The van der Waals surface area contributed by atoms with Crippen LogP contribution in [0.4, 0.5) is 0 Å². The Labute approximate surface area is 137 Å². The molecule has 6 heteroatoms. The van der Waals surface area contributed by atoms with Crippen LogP contribution in [0.5, 0.6) is 0 Å². The van der Waals surface area contributed by atoms with E-state index in [9.17, 15) is 9.59 Å². The number of amides is 1. The Hall–Kier alpha value is -2.34. The highest BCUT2D eigenvalue weighted by Gasteiger charge is 2.14. The molecule has 0 aliphatic carbocycles. The molecule has 5 nitrogen and oxygen atoms in total. The monoisotopic (exact) mass is 330 g/mol. The number of nitrogens with zero attached hydrogens (tertiary/aromatic N) is 2. The molecule has 120 valence electrons. The van der Waals surface area contributed by atoms with Crippen LogP contribution in [0.2, 0.25) is 0 Å². The Balaban J connectivity index is 1.67. The Morgan fingerprint density at radius 3 is 2.83 bits per heavy atom. The molecule has 0 saturated carbocycles. The van der Waals surface area contributed by atoms with Crippen LogP contribution >= 0.6 is 11.3 Å². The molecule has 0 aliphatic rings. The van der Waals surface area contributed by atoms with Gasteiger partial charge in [-0.25, -0.2) is 4.79 Å². The summed E-state index contributed by atoms with van der Waals surface area (Å²) in [5.41, 5.74) is 2.47. The van der Waals surface area contributed by atoms with E-state index in [1.165, 1.54) is 15.0 Å². The fourth-order valence-electron chi connectivity index (χ4n) is 2.49. The molecular formula is C17H18N2O3S. The topological polar surface area (TPSA) is 55.5 Å². The average molecular weight is 330 g/mol. The standard InChI is InChI=1S/C17H18N2O3S/c1-12-8-10-23-15(12)11-18(2)16(20)7-9-19-13-5-3-4-6-14(13)22-17(19)21/h3-6,8,10H,7,9,11H2,1-2H3. The molecule has 0 spiro atoms. The number of aromatic nitrogens is 1. The molecule has 1 amide bonds. The summed E-state index contributed by atoms with van der Waals surface area (Å²) in [7, 11) is 1.79. The van der Waals surface area contributed by atoms with E-state index >= 15 is 0 Å². The van der Waals surface area contributed by atoms with Gasteiger partial charge in [0, 0.05) is 24.9 Å². The fraction of sp³-hybridized carbons (Fsp3) is 0.294. The van der Waals surface area contributed by atoms with E-state index in [0.29, 0.717) is 18.7 Å². The zero-order valence-electron chi connectivity index (χ0n) is 13.1. The van der Waals surface area contributed by atoms with Crippen molar-refractivity contribution in [1.82, 2.24) is 9.47 Å². The zero-order valence-corrected chi connectivity index (χ0v) is 13.9. The van der Waals surface area contributed by atoms with Gasteiger partial charge in [-0.2, -0.15) is 0 Å². The first-order valence-electron chi connectivity index (χ1n) is 7.41. The van der Waals surface area contributed by atoms with Crippen molar-refractivity contribution in [3.63, 3.8) is 0 Å². The summed E-state index contributed by atoms with van der Waals surface area (Å²) in [6.07, 6.45) is 0.268. The smallest absolute Gasteiger partial charge is 0.408 e. The number of fused-ring (bicyclic) bond motifs is 1. The quantitative estimate of drug-likeness (QED) is 0.722. The van der Waals surface area contributed by atoms with Crippen LogP contribution in [0.25, 0.3) is 11.1 Å². The number of para-hydroxylation sites is 2. The molecule has 0 fully saturated rings. The van der Waals surface area contributed by atoms with Crippen molar-refractivity contribution >= 4 is 28.3 Å². The van der Waals surface area contributed by atoms with Gasteiger partial charge in [0.1, 0.15) is 0 Å². The molecule has 3 aromatic rings. The van der Waals surface area contributed by atoms with Crippen molar-refractivity contribution in [2.45, 2.75) is 26.4 Å². The summed E-state index contributed by atoms with van der Waals surface area (Å²) >= 11 is 1.65. The maximum absolute atomic E-state index is 12.3. The lowest BCUT2D eigenvalue weighted by molar-refractivity contribution is -0.130. The minimum Gasteiger partial charge on any atom is -0.408 e. The van der Waals surface area contributed by atoms with E-state index < -0.39 is 5.76 Å². The number of carbonyl (C=O) groups excluding carboxylic acids is 1. The first kappa shape index (κ1) is 15.6.